The van der Waals surface area contributed by atoms with Gasteiger partial charge in [-0.15, -0.1) is 0 Å². The molecular weight excluding hydrogens is 288 g/mol. The number of rotatable bonds is 4. The lowest BCUT2D eigenvalue weighted by Gasteiger charge is -2.19. The summed E-state index contributed by atoms with van der Waals surface area (Å²) in [7, 11) is 2.14. The highest BCUT2D eigenvalue weighted by Gasteiger charge is 2.13. The number of benzene rings is 1. The summed E-state index contributed by atoms with van der Waals surface area (Å²) in [4.78, 5) is 16.7. The van der Waals surface area contributed by atoms with Gasteiger partial charge in [-0.2, -0.15) is 0 Å². The molecule has 6 heteroatoms. The van der Waals surface area contributed by atoms with Gasteiger partial charge in [0.1, 0.15) is 0 Å². The van der Waals surface area contributed by atoms with Gasteiger partial charge in [0.05, 0.1) is 11.4 Å². The Hall–Kier alpha value is -1.30. The van der Waals surface area contributed by atoms with Crippen molar-refractivity contribution in [3.05, 3.63) is 23.2 Å². The molecule has 1 aliphatic rings. The maximum atomic E-state index is 12.0. The van der Waals surface area contributed by atoms with Gasteiger partial charge in [-0.05, 0) is 44.8 Å². The van der Waals surface area contributed by atoms with Crippen LogP contribution in [0.15, 0.2) is 18.2 Å². The Balaban J connectivity index is 1.80. The van der Waals surface area contributed by atoms with Crippen molar-refractivity contribution in [3.63, 3.8) is 0 Å². The average molecular weight is 311 g/mol. The van der Waals surface area contributed by atoms with Crippen LogP contribution in [0.4, 0.5) is 11.4 Å². The number of carbonyl (C=O) groups is 1. The van der Waals surface area contributed by atoms with Crippen LogP contribution in [-0.2, 0) is 4.79 Å². The molecule has 5 nitrogen and oxygen atoms in total. The van der Waals surface area contributed by atoms with Gasteiger partial charge in [0, 0.05) is 31.1 Å². The standard InChI is InChI=1S/C15H23ClN4O/c1-19-6-2-7-20(10-9-19)8-5-15(21)18-14-11-12(16)3-4-13(14)17/h3-4,11H,2,5-10,17H2,1H3,(H,18,21). The maximum absolute atomic E-state index is 12.0. The van der Waals surface area contributed by atoms with E-state index in [1.165, 1.54) is 0 Å². The van der Waals surface area contributed by atoms with E-state index in [0.717, 1.165) is 39.1 Å². The first-order valence-corrected chi connectivity index (χ1v) is 7.68. The molecule has 116 valence electrons. The zero-order valence-corrected chi connectivity index (χ0v) is 13.2. The monoisotopic (exact) mass is 310 g/mol. The van der Waals surface area contributed by atoms with Gasteiger partial charge in [0.2, 0.25) is 5.91 Å². The van der Waals surface area contributed by atoms with E-state index in [-0.39, 0.29) is 5.91 Å². The second kappa shape index (κ2) is 7.64. The predicted molar refractivity (Wildman–Crippen MR) is 87.7 cm³/mol. The maximum Gasteiger partial charge on any atom is 0.225 e. The van der Waals surface area contributed by atoms with Gasteiger partial charge >= 0.3 is 0 Å². The molecule has 1 aromatic carbocycles. The Morgan fingerprint density at radius 2 is 2.14 bits per heavy atom. The summed E-state index contributed by atoms with van der Waals surface area (Å²) in [6, 6.07) is 5.08. The molecule has 3 N–H and O–H groups in total. The third-order valence-electron chi connectivity index (χ3n) is 3.76. The smallest absolute Gasteiger partial charge is 0.225 e. The molecule has 21 heavy (non-hydrogen) atoms. The third-order valence-corrected chi connectivity index (χ3v) is 3.99. The molecule has 0 aromatic heterocycles. The number of likely N-dealkylation sites (N-methyl/N-ethyl adjacent to an activating group) is 1. The molecule has 1 fully saturated rings. The van der Waals surface area contributed by atoms with Crippen molar-refractivity contribution in [1.29, 1.82) is 0 Å². The van der Waals surface area contributed by atoms with Crippen LogP contribution < -0.4 is 11.1 Å². The molecule has 0 unspecified atom stereocenters. The number of hydrogen-bond acceptors (Lipinski definition) is 4. The molecule has 1 aliphatic heterocycles. The van der Waals surface area contributed by atoms with Gasteiger partial charge in [-0.1, -0.05) is 11.6 Å². The average Bonchev–Trinajstić information content (AvgIpc) is 2.65. The number of nitrogens with two attached hydrogens (primary N) is 1. The van der Waals surface area contributed by atoms with Crippen LogP contribution in [0, 0.1) is 0 Å². The predicted octanol–water partition coefficient (Wildman–Crippen LogP) is 1.89. The molecule has 1 heterocycles. The second-order valence-electron chi connectivity index (χ2n) is 5.53. The van der Waals surface area contributed by atoms with Crippen LogP contribution in [0.25, 0.3) is 0 Å². The van der Waals surface area contributed by atoms with Crippen molar-refractivity contribution in [2.45, 2.75) is 12.8 Å². The second-order valence-corrected chi connectivity index (χ2v) is 5.96. The Kier molecular flexibility index (Phi) is 5.85. The minimum absolute atomic E-state index is 0.0263. The fourth-order valence-corrected chi connectivity index (χ4v) is 2.60. The zero-order valence-electron chi connectivity index (χ0n) is 12.4. The number of nitrogens with one attached hydrogen (secondary N) is 1. The molecular formula is C15H23ClN4O. The Morgan fingerprint density at radius 3 is 2.95 bits per heavy atom. The molecule has 0 bridgehead atoms. The van der Waals surface area contributed by atoms with Gasteiger partial charge in [0.25, 0.3) is 0 Å². The highest BCUT2D eigenvalue weighted by molar-refractivity contribution is 6.31. The molecule has 1 aromatic rings. The first-order valence-electron chi connectivity index (χ1n) is 7.30. The van der Waals surface area contributed by atoms with Crippen molar-refractivity contribution >= 4 is 28.9 Å². The molecule has 1 saturated heterocycles. The largest absolute Gasteiger partial charge is 0.397 e. The van der Waals surface area contributed by atoms with E-state index in [0.29, 0.717) is 22.8 Å². The summed E-state index contributed by atoms with van der Waals surface area (Å²) < 4.78 is 0. The van der Waals surface area contributed by atoms with Crippen LogP contribution in [0.1, 0.15) is 12.8 Å². The summed E-state index contributed by atoms with van der Waals surface area (Å²) in [5.41, 5.74) is 6.94. The van der Waals surface area contributed by atoms with E-state index in [1.807, 2.05) is 0 Å². The number of carbonyl (C=O) groups excluding carboxylic acids is 1. The summed E-state index contributed by atoms with van der Waals surface area (Å²) in [5, 5.41) is 3.39. The van der Waals surface area contributed by atoms with E-state index < -0.39 is 0 Å². The van der Waals surface area contributed by atoms with Crippen LogP contribution in [-0.4, -0.2) is 55.5 Å². The number of hydrogen-bond donors (Lipinski definition) is 2. The SMILES string of the molecule is CN1CCCN(CCC(=O)Nc2cc(Cl)ccc2N)CC1. The van der Waals surface area contributed by atoms with Crippen molar-refractivity contribution < 1.29 is 4.79 Å². The van der Waals surface area contributed by atoms with Crippen molar-refractivity contribution in [2.24, 2.45) is 0 Å². The zero-order chi connectivity index (χ0) is 15.2. The summed E-state index contributed by atoms with van der Waals surface area (Å²) in [6.07, 6.45) is 1.62. The molecule has 0 radical (unpaired) electrons. The Morgan fingerprint density at radius 1 is 1.33 bits per heavy atom. The van der Waals surface area contributed by atoms with Gasteiger partial charge < -0.3 is 20.9 Å². The Bertz CT molecular complexity index is 495. The first kappa shape index (κ1) is 16.1. The van der Waals surface area contributed by atoms with Crippen molar-refractivity contribution in [3.8, 4) is 0 Å². The van der Waals surface area contributed by atoms with E-state index in [4.69, 9.17) is 17.3 Å². The topological polar surface area (TPSA) is 61.6 Å². The minimum atomic E-state index is -0.0263. The van der Waals surface area contributed by atoms with Crippen molar-refractivity contribution in [1.82, 2.24) is 9.80 Å². The van der Waals surface area contributed by atoms with Crippen LogP contribution >= 0.6 is 11.6 Å². The van der Waals surface area contributed by atoms with Crippen LogP contribution in [0.5, 0.6) is 0 Å². The van der Waals surface area contributed by atoms with Gasteiger partial charge in [-0.25, -0.2) is 0 Å². The number of nitrogen functional groups attached to an aromatic ring is 1. The lowest BCUT2D eigenvalue weighted by molar-refractivity contribution is -0.116. The summed E-state index contributed by atoms with van der Waals surface area (Å²) >= 11 is 5.91. The quantitative estimate of drug-likeness (QED) is 0.834. The van der Waals surface area contributed by atoms with Crippen molar-refractivity contribution in [2.75, 3.05) is 50.8 Å². The van der Waals surface area contributed by atoms with Gasteiger partial charge in [0.15, 0.2) is 0 Å². The first-order chi connectivity index (χ1) is 10.0. The Labute approximate surface area is 131 Å². The fourth-order valence-electron chi connectivity index (χ4n) is 2.43. The highest BCUT2D eigenvalue weighted by Crippen LogP contribution is 2.22. The number of nitrogens with zero attached hydrogens (tertiary/aromatic N) is 2. The molecule has 0 saturated carbocycles. The number of anilines is 2. The normalized spacial score (nSPS) is 17.4. The van der Waals surface area contributed by atoms with E-state index in [2.05, 4.69) is 22.2 Å². The highest BCUT2D eigenvalue weighted by atomic mass is 35.5. The summed E-state index contributed by atoms with van der Waals surface area (Å²) in [6.45, 7) is 5.03. The summed E-state index contributed by atoms with van der Waals surface area (Å²) in [5.74, 6) is -0.0263. The number of amides is 1. The molecule has 1 amide bonds. The minimum Gasteiger partial charge on any atom is -0.397 e. The van der Waals surface area contributed by atoms with Gasteiger partial charge in [-0.3, -0.25) is 4.79 Å². The lowest BCUT2D eigenvalue weighted by Crippen LogP contribution is -2.31. The third kappa shape index (κ3) is 5.19. The van der Waals surface area contributed by atoms with Crippen LogP contribution in [0.2, 0.25) is 5.02 Å². The molecule has 0 aliphatic carbocycles. The molecule has 0 spiro atoms. The lowest BCUT2D eigenvalue weighted by atomic mass is 10.2. The fraction of sp³-hybridized carbons (Fsp3) is 0.533. The van der Waals surface area contributed by atoms with E-state index in [9.17, 15) is 4.79 Å². The van der Waals surface area contributed by atoms with Crippen LogP contribution in [0.3, 0.4) is 0 Å². The molecule has 0 atom stereocenters. The number of halogens is 1. The van der Waals surface area contributed by atoms with E-state index in [1.54, 1.807) is 18.2 Å². The van der Waals surface area contributed by atoms with E-state index >= 15 is 0 Å². The molecule has 2 rings (SSSR count).